The maximum Gasteiger partial charge on any atom is -0.0443 e. The summed E-state index contributed by atoms with van der Waals surface area (Å²) in [5.74, 6) is 3.21. The topological polar surface area (TPSA) is 0 Å². The lowest BCUT2D eigenvalue weighted by atomic mass is 9.88. The third kappa shape index (κ3) is 96.9. The van der Waals surface area contributed by atoms with Crippen LogP contribution in [0.1, 0.15) is 299 Å². The molecule has 7 aliphatic carbocycles. The number of hydrogen-bond acceptors (Lipinski definition) is 0. The second-order valence-electron chi connectivity index (χ2n) is 11.4. The molecule has 0 saturated heterocycles. The molecule has 0 spiro atoms. The van der Waals surface area contributed by atoms with Crippen LogP contribution in [0.15, 0.2) is 0 Å². The summed E-state index contributed by atoms with van der Waals surface area (Å²) in [5, 5.41) is 0. The summed E-state index contributed by atoms with van der Waals surface area (Å²) in [6.45, 7) is 42.9. The Bertz CT molecular complexity index is 245. The Labute approximate surface area is 316 Å². The molecule has 0 aromatic rings. The molecular formula is C48H114. The zero-order valence-corrected chi connectivity index (χ0v) is 39.7. The molecule has 0 nitrogen and oxygen atoms in total. The van der Waals surface area contributed by atoms with Crippen LogP contribution in [0.5, 0.6) is 0 Å². The predicted octanol–water partition coefficient (Wildman–Crippen LogP) is 20.5. The van der Waals surface area contributed by atoms with Crippen LogP contribution in [0.25, 0.3) is 0 Å². The van der Waals surface area contributed by atoms with Crippen molar-refractivity contribution >= 4 is 0 Å². The van der Waals surface area contributed by atoms with Crippen molar-refractivity contribution < 1.29 is 0 Å². The fourth-order valence-corrected chi connectivity index (χ4v) is 2.39. The van der Waals surface area contributed by atoms with Crippen LogP contribution in [0.4, 0.5) is 0 Å². The van der Waals surface area contributed by atoms with Crippen LogP contribution in [-0.2, 0) is 0 Å². The van der Waals surface area contributed by atoms with E-state index in [2.05, 4.69) is 20.8 Å². The molecule has 0 radical (unpaired) electrons. The van der Waals surface area contributed by atoms with E-state index in [0.29, 0.717) is 0 Å². The molecule has 0 aliphatic heterocycles. The molecule has 0 bridgehead atoms. The highest BCUT2D eigenvalue weighted by atomic mass is 14.2. The summed E-state index contributed by atoms with van der Waals surface area (Å²) in [4.78, 5) is 0. The van der Waals surface area contributed by atoms with Crippen LogP contribution in [-0.4, -0.2) is 0 Å². The lowest BCUT2D eigenvalue weighted by molar-refractivity contribution is 0.346. The Balaban J connectivity index is -0.0000000492. The van der Waals surface area contributed by atoms with Gasteiger partial charge in [-0.3, -0.25) is 0 Å². The normalized spacial score (nSPS) is 16.7. The van der Waals surface area contributed by atoms with Gasteiger partial charge in [0.2, 0.25) is 0 Å². The second kappa shape index (κ2) is 91.3. The smallest absolute Gasteiger partial charge is 0.0443 e. The van der Waals surface area contributed by atoms with Crippen LogP contribution < -0.4 is 0 Å². The zero-order chi connectivity index (χ0) is 39.7. The Kier molecular flexibility index (Phi) is 133. The molecule has 7 aliphatic rings. The van der Waals surface area contributed by atoms with E-state index >= 15 is 0 Å². The Morgan fingerprint density at radius 2 is 0.250 bits per heavy atom. The first kappa shape index (κ1) is 69.7. The van der Waals surface area contributed by atoms with Gasteiger partial charge in [-0.15, -0.1) is 0 Å². The van der Waals surface area contributed by atoms with Crippen LogP contribution in [0.3, 0.4) is 0 Å². The van der Waals surface area contributed by atoms with E-state index in [0.717, 1.165) is 17.8 Å². The van der Waals surface area contributed by atoms with E-state index in [1.165, 1.54) is 154 Å². The number of hydrogen-bond donors (Lipinski definition) is 0. The van der Waals surface area contributed by atoms with E-state index in [1.54, 1.807) is 0 Å². The summed E-state index contributed by atoms with van der Waals surface area (Å²) in [7, 11) is 0. The molecule has 0 aromatic heterocycles. The van der Waals surface area contributed by atoms with Gasteiger partial charge in [0.1, 0.15) is 0 Å². The molecular weight excluding hydrogens is 577 g/mol. The van der Waals surface area contributed by atoms with Crippen molar-refractivity contribution in [2.75, 3.05) is 0 Å². The minimum atomic E-state index is 1.06. The molecule has 7 saturated carbocycles. The molecule has 0 atom stereocenters. The predicted molar refractivity (Wildman–Crippen MR) is 240 cm³/mol. The van der Waals surface area contributed by atoms with E-state index < -0.39 is 0 Å². The van der Waals surface area contributed by atoms with Gasteiger partial charge in [0.05, 0.1) is 0 Å². The van der Waals surface area contributed by atoms with Crippen molar-refractivity contribution in [2.24, 2.45) is 17.8 Å². The van der Waals surface area contributed by atoms with Crippen LogP contribution >= 0.6 is 0 Å². The third-order valence-corrected chi connectivity index (χ3v) is 7.65. The summed E-state index contributed by atoms with van der Waals surface area (Å²) in [6.07, 6.45) is 35.9. The lowest BCUT2D eigenvalue weighted by Crippen LogP contribution is -2.04. The van der Waals surface area contributed by atoms with E-state index in [4.69, 9.17) is 0 Å². The molecule has 48 heavy (non-hydrogen) atoms. The third-order valence-electron chi connectivity index (χ3n) is 7.65. The SMILES string of the molecule is C1CCC1.C1CCC1.C1CCC1.C1CCC1.CC.CC.CC.CC.CC.CC.CC.CC.CC.CC1CC1.CC1CCC1.CC1CCC1. The van der Waals surface area contributed by atoms with E-state index in [9.17, 15) is 0 Å². The average Bonchev–Trinajstić information content (AvgIpc) is 3.83. The monoisotopic (exact) mass is 691 g/mol. The first-order valence-electron chi connectivity index (χ1n) is 23.7. The van der Waals surface area contributed by atoms with Crippen molar-refractivity contribution in [2.45, 2.75) is 299 Å². The van der Waals surface area contributed by atoms with Gasteiger partial charge in [0.15, 0.2) is 0 Å². The molecule has 306 valence electrons. The highest BCUT2D eigenvalue weighted by Gasteiger charge is 2.12. The Morgan fingerprint density at radius 1 is 0.167 bits per heavy atom. The van der Waals surface area contributed by atoms with Gasteiger partial charge >= 0.3 is 0 Å². The minimum Gasteiger partial charge on any atom is -0.0683 e. The van der Waals surface area contributed by atoms with Crippen molar-refractivity contribution in [3.8, 4) is 0 Å². The standard InChI is InChI=1S/2C5H10.5C4H8.9C2H6/c2*1-5-3-2-4-5;1-4-2-3-4;4*1-2-4-3-1;9*1-2/h2*5H,2-4H2,1H3;4H,2-3H2,1H3;4*1-4H2;9*1-2H3. The van der Waals surface area contributed by atoms with Gasteiger partial charge in [0, 0.05) is 0 Å². The summed E-state index contributed by atoms with van der Waals surface area (Å²) < 4.78 is 0. The van der Waals surface area contributed by atoms with Crippen molar-refractivity contribution in [3.63, 3.8) is 0 Å². The van der Waals surface area contributed by atoms with Gasteiger partial charge in [0.25, 0.3) is 0 Å². The molecule has 0 aromatic carbocycles. The molecule has 0 unspecified atom stereocenters. The van der Waals surface area contributed by atoms with Crippen LogP contribution in [0.2, 0.25) is 0 Å². The number of rotatable bonds is 0. The summed E-state index contributed by atoms with van der Waals surface area (Å²) in [5.41, 5.74) is 0. The van der Waals surface area contributed by atoms with Crippen molar-refractivity contribution in [1.82, 2.24) is 0 Å². The van der Waals surface area contributed by atoms with E-state index in [1.807, 2.05) is 125 Å². The largest absolute Gasteiger partial charge is 0.0683 e. The highest BCUT2D eigenvalue weighted by molar-refractivity contribution is 4.65. The molecule has 0 heteroatoms. The lowest BCUT2D eigenvalue weighted by Gasteiger charge is -2.18. The van der Waals surface area contributed by atoms with Crippen molar-refractivity contribution in [1.29, 1.82) is 0 Å². The first-order chi connectivity index (χ1) is 23.7. The Hall–Kier alpha value is 0. The first-order valence-corrected chi connectivity index (χ1v) is 23.7. The average molecular weight is 691 g/mol. The second-order valence-corrected chi connectivity index (χ2v) is 11.4. The molecule has 7 fully saturated rings. The van der Waals surface area contributed by atoms with Gasteiger partial charge in [-0.25, -0.2) is 0 Å². The van der Waals surface area contributed by atoms with Gasteiger partial charge in [-0.2, -0.15) is 0 Å². The maximum absolute atomic E-state index is 2.31. The molecule has 7 rings (SSSR count). The molecule has 0 heterocycles. The quantitative estimate of drug-likeness (QED) is 0.237. The van der Waals surface area contributed by atoms with E-state index in [-0.39, 0.29) is 0 Å². The molecule has 0 amide bonds. The van der Waals surface area contributed by atoms with Crippen LogP contribution in [0, 0.1) is 17.8 Å². The fourth-order valence-electron chi connectivity index (χ4n) is 2.39. The van der Waals surface area contributed by atoms with Crippen molar-refractivity contribution in [3.05, 3.63) is 0 Å². The Morgan fingerprint density at radius 3 is 0.250 bits per heavy atom. The summed E-state index contributed by atoms with van der Waals surface area (Å²) >= 11 is 0. The van der Waals surface area contributed by atoms with Gasteiger partial charge in [-0.1, -0.05) is 299 Å². The van der Waals surface area contributed by atoms with Gasteiger partial charge in [-0.05, 0) is 17.8 Å². The highest BCUT2D eigenvalue weighted by Crippen LogP contribution is 2.27. The minimum absolute atomic E-state index is 1.06. The van der Waals surface area contributed by atoms with Gasteiger partial charge < -0.3 is 0 Å². The maximum atomic E-state index is 2.31. The molecule has 0 N–H and O–H groups in total. The fraction of sp³-hybridized carbons (Fsp3) is 1.00. The zero-order valence-electron chi connectivity index (χ0n) is 39.7. The summed E-state index contributed by atoms with van der Waals surface area (Å²) in [6, 6.07) is 0.